The molecule has 4 aliphatic heterocycles. The van der Waals surface area contributed by atoms with Crippen molar-refractivity contribution in [2.24, 2.45) is 0 Å². The maximum Gasteiger partial charge on any atom is 0.233 e. The Morgan fingerprint density at radius 1 is 0.347 bits per heavy atom. The van der Waals surface area contributed by atoms with E-state index in [4.69, 9.17) is 0 Å². The van der Waals surface area contributed by atoms with Crippen LogP contribution in [0.2, 0.25) is 0 Å². The number of amides is 4. The van der Waals surface area contributed by atoms with Crippen LogP contribution in [0.15, 0.2) is 0 Å². The topological polar surface area (TPSA) is 142 Å². The third-order valence-corrected chi connectivity index (χ3v) is 8.97. The molecule has 0 aliphatic carbocycles. The van der Waals surface area contributed by atoms with Crippen molar-refractivity contribution in [3.8, 4) is 0 Å². The van der Waals surface area contributed by atoms with Crippen molar-refractivity contribution in [2.45, 2.75) is 7.43 Å². The Bertz CT molecular complexity index is 754. The standard InChI is InChI=1S/4C8H17N3O.CH4/c4*1-9-8(12)7-11-5-3-10(2)4-6-11;/h4*3-7H2,1-2H3,(H,9,12);1H4. The largest absolute Gasteiger partial charge is 0.358 e. The van der Waals surface area contributed by atoms with Crippen LogP contribution in [0.1, 0.15) is 7.43 Å². The summed E-state index contributed by atoms with van der Waals surface area (Å²) in [5, 5.41) is 10.5. The van der Waals surface area contributed by atoms with Gasteiger partial charge in [0.15, 0.2) is 0 Å². The lowest BCUT2D eigenvalue weighted by atomic mass is 10.3. The maximum atomic E-state index is 11.0. The second-order valence-electron chi connectivity index (χ2n) is 13.0. The first-order valence-corrected chi connectivity index (χ1v) is 17.3. The quantitative estimate of drug-likeness (QED) is 0.200. The van der Waals surface area contributed by atoms with Crippen molar-refractivity contribution in [3.63, 3.8) is 0 Å². The summed E-state index contributed by atoms with van der Waals surface area (Å²) in [6.45, 7) is 18.7. The molecule has 288 valence electrons. The van der Waals surface area contributed by atoms with Gasteiger partial charge in [-0.15, -0.1) is 0 Å². The molecule has 4 amide bonds. The van der Waals surface area contributed by atoms with Crippen LogP contribution in [-0.2, 0) is 19.2 Å². The lowest BCUT2D eigenvalue weighted by molar-refractivity contribution is -0.122. The van der Waals surface area contributed by atoms with Gasteiger partial charge in [0.05, 0.1) is 26.2 Å². The van der Waals surface area contributed by atoms with E-state index in [9.17, 15) is 19.2 Å². The SMILES string of the molecule is C.CNC(=O)CN1CCN(C)CC1.CNC(=O)CN1CCN(C)CC1.CNC(=O)CN1CCN(C)CC1.CNC(=O)CN1CCN(C)CC1. The Balaban J connectivity index is 0.000000623. The normalized spacial score (nSPS) is 20.4. The molecule has 0 unspecified atom stereocenters. The molecule has 0 atom stereocenters. The van der Waals surface area contributed by atoms with Crippen LogP contribution in [0.3, 0.4) is 0 Å². The molecule has 0 bridgehead atoms. The average Bonchev–Trinajstić information content (AvgIpc) is 3.09. The summed E-state index contributed by atoms with van der Waals surface area (Å²) in [5.74, 6) is 0.443. The van der Waals surface area contributed by atoms with Crippen molar-refractivity contribution < 1.29 is 19.2 Å². The van der Waals surface area contributed by atoms with Crippen LogP contribution in [0.5, 0.6) is 0 Å². The van der Waals surface area contributed by atoms with Crippen LogP contribution in [0.25, 0.3) is 0 Å². The number of carbonyl (C=O) groups excluding carboxylic acids is 4. The zero-order chi connectivity index (χ0) is 35.9. The smallest absolute Gasteiger partial charge is 0.233 e. The fourth-order valence-corrected chi connectivity index (χ4v) is 5.15. The predicted molar refractivity (Wildman–Crippen MR) is 199 cm³/mol. The van der Waals surface area contributed by atoms with Crippen LogP contribution in [-0.4, -0.2) is 250 Å². The minimum absolute atomic E-state index is 0. The minimum atomic E-state index is 0. The van der Waals surface area contributed by atoms with Crippen LogP contribution in [0, 0.1) is 0 Å². The fourth-order valence-electron chi connectivity index (χ4n) is 5.15. The monoisotopic (exact) mass is 701 g/mol. The summed E-state index contributed by atoms with van der Waals surface area (Å²) < 4.78 is 0. The number of carbonyl (C=O) groups is 4. The average molecular weight is 701 g/mol. The molecule has 0 saturated carbocycles. The van der Waals surface area contributed by atoms with Crippen molar-refractivity contribution in [1.82, 2.24) is 60.5 Å². The third kappa shape index (κ3) is 22.8. The molecular weight excluding hydrogens is 628 g/mol. The molecule has 4 fully saturated rings. The number of piperazine rings is 4. The van der Waals surface area contributed by atoms with Crippen molar-refractivity contribution in [2.75, 3.05) is 187 Å². The molecule has 0 aromatic rings. The van der Waals surface area contributed by atoms with E-state index in [-0.39, 0.29) is 31.1 Å². The Morgan fingerprint density at radius 3 is 0.612 bits per heavy atom. The molecule has 0 radical (unpaired) electrons. The van der Waals surface area contributed by atoms with Gasteiger partial charge in [0.2, 0.25) is 23.6 Å². The first-order valence-electron chi connectivity index (χ1n) is 17.3. The second-order valence-corrected chi connectivity index (χ2v) is 13.0. The number of rotatable bonds is 8. The Morgan fingerprint density at radius 2 is 0.490 bits per heavy atom. The summed E-state index contributed by atoms with van der Waals surface area (Å²) in [7, 11) is 15.1. The summed E-state index contributed by atoms with van der Waals surface area (Å²) in [4.78, 5) is 61.8. The molecule has 4 heterocycles. The first-order chi connectivity index (χ1) is 22.9. The van der Waals surface area contributed by atoms with E-state index < -0.39 is 0 Å². The van der Waals surface area contributed by atoms with Gasteiger partial charge in [-0.05, 0) is 28.2 Å². The van der Waals surface area contributed by atoms with E-state index in [1.165, 1.54) is 0 Å². The number of nitrogens with one attached hydrogen (secondary N) is 4. The highest BCUT2D eigenvalue weighted by atomic mass is 16.2. The van der Waals surface area contributed by atoms with E-state index in [2.05, 4.69) is 88.7 Å². The molecule has 0 aromatic heterocycles. The molecule has 0 aromatic carbocycles. The van der Waals surface area contributed by atoms with E-state index >= 15 is 0 Å². The van der Waals surface area contributed by atoms with E-state index in [0.29, 0.717) is 26.2 Å². The van der Waals surface area contributed by atoms with Gasteiger partial charge in [-0.25, -0.2) is 0 Å². The minimum Gasteiger partial charge on any atom is -0.358 e. The molecule has 16 heteroatoms. The Labute approximate surface area is 297 Å². The summed E-state index contributed by atoms with van der Waals surface area (Å²) in [6, 6.07) is 0. The fraction of sp³-hybridized carbons (Fsp3) is 0.879. The van der Waals surface area contributed by atoms with Crippen LogP contribution < -0.4 is 21.3 Å². The van der Waals surface area contributed by atoms with Gasteiger partial charge in [0, 0.05) is 133 Å². The van der Waals surface area contributed by atoms with Gasteiger partial charge in [0.1, 0.15) is 0 Å². The summed E-state index contributed by atoms with van der Waals surface area (Å²) in [6.07, 6.45) is 0. The highest BCUT2D eigenvalue weighted by molar-refractivity contribution is 5.78. The number of hydrogen-bond acceptors (Lipinski definition) is 12. The summed E-state index contributed by atoms with van der Waals surface area (Å²) >= 11 is 0. The Kier molecular flexibility index (Phi) is 25.9. The second kappa shape index (κ2) is 27.3. The van der Waals surface area contributed by atoms with Gasteiger partial charge >= 0.3 is 0 Å². The molecule has 4 N–H and O–H groups in total. The first kappa shape index (κ1) is 46.6. The molecule has 4 aliphatic rings. The molecule has 4 saturated heterocycles. The lowest BCUT2D eigenvalue weighted by Gasteiger charge is -2.31. The maximum absolute atomic E-state index is 11.0. The van der Waals surface area contributed by atoms with Crippen LogP contribution >= 0.6 is 0 Å². The van der Waals surface area contributed by atoms with E-state index in [1.54, 1.807) is 28.2 Å². The van der Waals surface area contributed by atoms with Gasteiger partial charge in [-0.3, -0.25) is 38.8 Å². The third-order valence-electron chi connectivity index (χ3n) is 8.97. The summed E-state index contributed by atoms with van der Waals surface area (Å²) in [5.41, 5.74) is 0. The van der Waals surface area contributed by atoms with Gasteiger partial charge in [-0.2, -0.15) is 0 Å². The molecule has 4 rings (SSSR count). The van der Waals surface area contributed by atoms with Crippen LogP contribution in [0.4, 0.5) is 0 Å². The lowest BCUT2D eigenvalue weighted by Crippen LogP contribution is -2.47. The van der Waals surface area contributed by atoms with E-state index in [0.717, 1.165) is 105 Å². The Hall–Kier alpha value is -2.44. The zero-order valence-electron chi connectivity index (χ0n) is 31.4. The highest BCUT2D eigenvalue weighted by Crippen LogP contribution is 2.00. The molecule has 49 heavy (non-hydrogen) atoms. The molecular formula is C33H72N12O4. The zero-order valence-corrected chi connectivity index (χ0v) is 31.4. The van der Waals surface area contributed by atoms with Gasteiger partial charge in [-0.1, -0.05) is 7.43 Å². The van der Waals surface area contributed by atoms with Crippen molar-refractivity contribution in [3.05, 3.63) is 0 Å². The van der Waals surface area contributed by atoms with E-state index in [1.807, 2.05) is 0 Å². The predicted octanol–water partition coefficient (Wildman–Crippen LogP) is -3.44. The van der Waals surface area contributed by atoms with Crippen molar-refractivity contribution >= 4 is 23.6 Å². The van der Waals surface area contributed by atoms with Crippen molar-refractivity contribution in [1.29, 1.82) is 0 Å². The van der Waals surface area contributed by atoms with Gasteiger partial charge in [0.25, 0.3) is 0 Å². The van der Waals surface area contributed by atoms with Gasteiger partial charge < -0.3 is 40.9 Å². The number of likely N-dealkylation sites (N-methyl/N-ethyl adjacent to an activating group) is 8. The molecule has 0 spiro atoms. The molecule has 16 nitrogen and oxygen atoms in total. The number of hydrogen-bond donors (Lipinski definition) is 4. The number of nitrogens with zero attached hydrogens (tertiary/aromatic N) is 8. The highest BCUT2D eigenvalue weighted by Gasteiger charge is 2.18.